The average molecular weight is 315 g/mol. The van der Waals surface area contributed by atoms with Crippen LogP contribution in [-0.4, -0.2) is 23.2 Å². The van der Waals surface area contributed by atoms with Crippen molar-refractivity contribution in [3.8, 4) is 16.9 Å². The number of hydrogen-bond acceptors (Lipinski definition) is 3. The number of carboxylic acids is 1. The Morgan fingerprint density at radius 2 is 1.95 bits per heavy atom. The molecule has 0 aliphatic rings. The second kappa shape index (κ2) is 5.63. The summed E-state index contributed by atoms with van der Waals surface area (Å²) >= 11 is 0. The zero-order valence-electron chi connectivity index (χ0n) is 11.1. The van der Waals surface area contributed by atoms with Crippen molar-refractivity contribution in [3.63, 3.8) is 0 Å². The monoisotopic (exact) mass is 315 g/mol. The third-order valence-corrected chi connectivity index (χ3v) is 2.90. The van der Waals surface area contributed by atoms with Gasteiger partial charge in [0.25, 0.3) is 0 Å². The molecule has 22 heavy (non-hydrogen) atoms. The number of carbonyl (C=O) groups is 1. The standard InChI is InChI=1S/C14H9F4NO3/c1-22-11-5-10(13(20)21)19-6-8(11)7-3-2-4-9(12(7)15)14(16,17)18/h2-6H,1H3,(H,20,21). The van der Waals surface area contributed by atoms with Crippen LogP contribution in [0.2, 0.25) is 0 Å². The number of pyridine rings is 1. The van der Waals surface area contributed by atoms with E-state index in [-0.39, 0.29) is 22.6 Å². The number of methoxy groups -OCH3 is 1. The quantitative estimate of drug-likeness (QED) is 0.879. The number of rotatable bonds is 3. The van der Waals surface area contributed by atoms with Crippen LogP contribution in [-0.2, 0) is 6.18 Å². The summed E-state index contributed by atoms with van der Waals surface area (Å²) in [7, 11) is 1.19. The number of alkyl halides is 3. The predicted molar refractivity (Wildman–Crippen MR) is 68.1 cm³/mol. The molecule has 0 atom stereocenters. The SMILES string of the molecule is COc1cc(C(=O)O)ncc1-c1cccc(C(F)(F)F)c1F. The van der Waals surface area contributed by atoms with Crippen molar-refractivity contribution in [2.24, 2.45) is 0 Å². The largest absolute Gasteiger partial charge is 0.496 e. The molecule has 1 aromatic heterocycles. The van der Waals surface area contributed by atoms with E-state index in [0.717, 1.165) is 24.4 Å². The molecular formula is C14H9F4NO3. The van der Waals surface area contributed by atoms with Gasteiger partial charge < -0.3 is 9.84 Å². The summed E-state index contributed by atoms with van der Waals surface area (Å²) in [5, 5.41) is 8.83. The predicted octanol–water partition coefficient (Wildman–Crippen LogP) is 3.61. The number of aromatic carboxylic acids is 1. The summed E-state index contributed by atoms with van der Waals surface area (Å²) in [5.74, 6) is -2.90. The first-order chi connectivity index (χ1) is 10.3. The fourth-order valence-electron chi connectivity index (χ4n) is 1.88. The number of nitrogens with zero attached hydrogens (tertiary/aromatic N) is 1. The molecule has 2 rings (SSSR count). The van der Waals surface area contributed by atoms with E-state index in [2.05, 4.69) is 4.98 Å². The van der Waals surface area contributed by atoms with Gasteiger partial charge in [-0.25, -0.2) is 14.2 Å². The lowest BCUT2D eigenvalue weighted by molar-refractivity contribution is -0.139. The third-order valence-electron chi connectivity index (χ3n) is 2.90. The Morgan fingerprint density at radius 3 is 2.50 bits per heavy atom. The van der Waals surface area contributed by atoms with Gasteiger partial charge in [0.1, 0.15) is 11.6 Å². The molecule has 8 heteroatoms. The van der Waals surface area contributed by atoms with Gasteiger partial charge in [0.2, 0.25) is 0 Å². The van der Waals surface area contributed by atoms with E-state index >= 15 is 0 Å². The molecule has 0 aliphatic carbocycles. The van der Waals surface area contributed by atoms with Gasteiger partial charge in [-0.1, -0.05) is 12.1 Å². The highest BCUT2D eigenvalue weighted by Gasteiger charge is 2.35. The van der Waals surface area contributed by atoms with E-state index in [0.29, 0.717) is 6.07 Å². The minimum absolute atomic E-state index is 0.0731. The van der Waals surface area contributed by atoms with Crippen molar-refractivity contribution in [1.82, 2.24) is 4.98 Å². The maximum atomic E-state index is 14.1. The lowest BCUT2D eigenvalue weighted by Gasteiger charge is -2.13. The van der Waals surface area contributed by atoms with E-state index in [9.17, 15) is 22.4 Å². The van der Waals surface area contributed by atoms with Crippen LogP contribution >= 0.6 is 0 Å². The zero-order chi connectivity index (χ0) is 16.5. The van der Waals surface area contributed by atoms with Crippen LogP contribution in [0.3, 0.4) is 0 Å². The Balaban J connectivity index is 2.65. The van der Waals surface area contributed by atoms with Crippen LogP contribution in [0.1, 0.15) is 16.1 Å². The second-order valence-electron chi connectivity index (χ2n) is 4.24. The first kappa shape index (κ1) is 15.7. The van der Waals surface area contributed by atoms with Crippen molar-refractivity contribution in [1.29, 1.82) is 0 Å². The van der Waals surface area contributed by atoms with E-state index in [1.54, 1.807) is 0 Å². The van der Waals surface area contributed by atoms with Crippen LogP contribution in [0.15, 0.2) is 30.5 Å². The van der Waals surface area contributed by atoms with Gasteiger partial charge in [-0.05, 0) is 6.07 Å². The summed E-state index contributed by atoms with van der Waals surface area (Å²) in [6.45, 7) is 0. The molecule has 0 unspecified atom stereocenters. The highest BCUT2D eigenvalue weighted by Crippen LogP contribution is 2.38. The minimum atomic E-state index is -4.85. The fraction of sp³-hybridized carbons (Fsp3) is 0.143. The van der Waals surface area contributed by atoms with Crippen LogP contribution in [0.5, 0.6) is 5.75 Å². The lowest BCUT2D eigenvalue weighted by Crippen LogP contribution is -2.09. The highest BCUT2D eigenvalue weighted by molar-refractivity contribution is 5.87. The maximum absolute atomic E-state index is 14.1. The molecule has 0 spiro atoms. The zero-order valence-corrected chi connectivity index (χ0v) is 11.1. The average Bonchev–Trinajstić information content (AvgIpc) is 2.45. The van der Waals surface area contributed by atoms with Gasteiger partial charge in [-0.2, -0.15) is 13.2 Å². The number of hydrogen-bond donors (Lipinski definition) is 1. The van der Waals surface area contributed by atoms with Crippen molar-refractivity contribution in [2.75, 3.05) is 7.11 Å². The molecule has 0 bridgehead atoms. The Morgan fingerprint density at radius 1 is 1.27 bits per heavy atom. The minimum Gasteiger partial charge on any atom is -0.496 e. The van der Waals surface area contributed by atoms with Crippen molar-refractivity contribution < 1.29 is 32.2 Å². The van der Waals surface area contributed by atoms with Crippen LogP contribution in [0.25, 0.3) is 11.1 Å². The smallest absolute Gasteiger partial charge is 0.419 e. The van der Waals surface area contributed by atoms with Crippen molar-refractivity contribution >= 4 is 5.97 Å². The molecule has 1 aromatic carbocycles. The van der Waals surface area contributed by atoms with Crippen LogP contribution in [0, 0.1) is 5.82 Å². The van der Waals surface area contributed by atoms with Gasteiger partial charge in [0.05, 0.1) is 12.7 Å². The molecular weight excluding hydrogens is 306 g/mol. The molecule has 2 aromatic rings. The molecule has 0 amide bonds. The highest BCUT2D eigenvalue weighted by atomic mass is 19.4. The first-order valence-electron chi connectivity index (χ1n) is 5.89. The second-order valence-corrected chi connectivity index (χ2v) is 4.24. The topological polar surface area (TPSA) is 59.4 Å². The molecule has 1 N–H and O–H groups in total. The normalized spacial score (nSPS) is 11.3. The number of aromatic nitrogens is 1. The Kier molecular flexibility index (Phi) is 4.03. The Labute approximate surface area is 122 Å². The Bertz CT molecular complexity index is 729. The van der Waals surface area contributed by atoms with Crippen LogP contribution < -0.4 is 4.74 Å². The van der Waals surface area contributed by atoms with E-state index in [1.165, 1.54) is 7.11 Å². The molecule has 0 radical (unpaired) electrons. The summed E-state index contributed by atoms with van der Waals surface area (Å²) in [5.41, 5.74) is -2.24. The number of benzene rings is 1. The van der Waals surface area contributed by atoms with Gasteiger partial charge in [-0.15, -0.1) is 0 Å². The number of carboxylic acid groups (broad SMARTS) is 1. The van der Waals surface area contributed by atoms with E-state index < -0.39 is 23.5 Å². The van der Waals surface area contributed by atoms with Gasteiger partial charge >= 0.3 is 12.1 Å². The van der Waals surface area contributed by atoms with E-state index in [4.69, 9.17) is 9.84 Å². The molecule has 0 saturated carbocycles. The van der Waals surface area contributed by atoms with E-state index in [1.807, 2.05) is 0 Å². The molecule has 1 heterocycles. The van der Waals surface area contributed by atoms with Crippen molar-refractivity contribution in [2.45, 2.75) is 6.18 Å². The summed E-state index contributed by atoms with van der Waals surface area (Å²) < 4.78 is 57.2. The maximum Gasteiger partial charge on any atom is 0.419 e. The summed E-state index contributed by atoms with van der Waals surface area (Å²) in [6, 6.07) is 3.80. The molecule has 0 fully saturated rings. The summed E-state index contributed by atoms with van der Waals surface area (Å²) in [4.78, 5) is 14.4. The molecule has 0 saturated heterocycles. The summed E-state index contributed by atoms with van der Waals surface area (Å²) in [6.07, 6.45) is -3.89. The first-order valence-corrected chi connectivity index (χ1v) is 5.89. The molecule has 116 valence electrons. The third kappa shape index (κ3) is 2.85. The molecule has 4 nitrogen and oxygen atoms in total. The Hall–Kier alpha value is -2.64. The lowest BCUT2D eigenvalue weighted by atomic mass is 10.0. The molecule has 0 aliphatic heterocycles. The van der Waals surface area contributed by atoms with Crippen molar-refractivity contribution in [3.05, 3.63) is 47.5 Å². The van der Waals surface area contributed by atoms with Gasteiger partial charge in [0.15, 0.2) is 5.69 Å². The number of halogens is 4. The van der Waals surface area contributed by atoms with Gasteiger partial charge in [0, 0.05) is 23.4 Å². The van der Waals surface area contributed by atoms with Crippen LogP contribution in [0.4, 0.5) is 17.6 Å². The number of ether oxygens (including phenoxy) is 1. The van der Waals surface area contributed by atoms with Gasteiger partial charge in [-0.3, -0.25) is 0 Å². The fourth-order valence-corrected chi connectivity index (χ4v) is 1.88.